The lowest BCUT2D eigenvalue weighted by Gasteiger charge is -2.12. The van der Waals surface area contributed by atoms with Crippen molar-refractivity contribution in [3.63, 3.8) is 0 Å². The van der Waals surface area contributed by atoms with Gasteiger partial charge in [-0.15, -0.1) is 0 Å². The van der Waals surface area contributed by atoms with Gasteiger partial charge < -0.3 is 9.84 Å². The van der Waals surface area contributed by atoms with Gasteiger partial charge in [-0.3, -0.25) is 0 Å². The quantitative estimate of drug-likeness (QED) is 0.853. The van der Waals surface area contributed by atoms with E-state index in [1.807, 2.05) is 0 Å². The predicted octanol–water partition coefficient (Wildman–Crippen LogP) is 2.10. The molecule has 0 atom stereocenters. The fourth-order valence-electron chi connectivity index (χ4n) is 1.18. The van der Waals surface area contributed by atoms with E-state index in [1.165, 1.54) is 12.1 Å². The SMILES string of the molecule is CC(C)Oc1ccc(S(=O)(=O)Cl)cc1C(=O)O. The smallest absolute Gasteiger partial charge is 0.339 e. The molecular formula is C10H11ClO5S. The summed E-state index contributed by atoms with van der Waals surface area (Å²) < 4.78 is 27.4. The van der Waals surface area contributed by atoms with E-state index in [2.05, 4.69) is 0 Å². The molecule has 0 aliphatic rings. The molecule has 0 bridgehead atoms. The molecule has 0 spiro atoms. The number of hydrogen-bond acceptors (Lipinski definition) is 4. The molecule has 7 heteroatoms. The topological polar surface area (TPSA) is 80.7 Å². The van der Waals surface area contributed by atoms with E-state index in [-0.39, 0.29) is 22.3 Å². The molecule has 0 fully saturated rings. The summed E-state index contributed by atoms with van der Waals surface area (Å²) in [6.07, 6.45) is -0.216. The highest BCUT2D eigenvalue weighted by Gasteiger charge is 2.18. The van der Waals surface area contributed by atoms with Gasteiger partial charge in [0.25, 0.3) is 9.05 Å². The van der Waals surface area contributed by atoms with Gasteiger partial charge in [0, 0.05) is 10.7 Å². The Balaban J connectivity index is 3.32. The minimum atomic E-state index is -3.95. The number of benzene rings is 1. The van der Waals surface area contributed by atoms with Crippen LogP contribution in [0.4, 0.5) is 0 Å². The van der Waals surface area contributed by atoms with Crippen LogP contribution < -0.4 is 4.74 Å². The molecule has 1 rings (SSSR count). The molecule has 0 aliphatic carbocycles. The van der Waals surface area contributed by atoms with Gasteiger partial charge in [0.1, 0.15) is 11.3 Å². The highest BCUT2D eigenvalue weighted by Crippen LogP contribution is 2.25. The number of halogens is 1. The highest BCUT2D eigenvalue weighted by atomic mass is 35.7. The van der Waals surface area contributed by atoms with E-state index in [9.17, 15) is 13.2 Å². The zero-order chi connectivity index (χ0) is 13.2. The van der Waals surface area contributed by atoms with Crippen LogP contribution in [0.3, 0.4) is 0 Å². The summed E-state index contributed by atoms with van der Waals surface area (Å²) in [6.45, 7) is 3.47. The van der Waals surface area contributed by atoms with Crippen molar-refractivity contribution < 1.29 is 23.1 Å². The Morgan fingerprint density at radius 2 is 2.00 bits per heavy atom. The zero-order valence-corrected chi connectivity index (χ0v) is 10.7. The van der Waals surface area contributed by atoms with Gasteiger partial charge in [-0.05, 0) is 32.0 Å². The highest BCUT2D eigenvalue weighted by molar-refractivity contribution is 8.13. The van der Waals surface area contributed by atoms with Crippen LogP contribution in [-0.4, -0.2) is 25.6 Å². The van der Waals surface area contributed by atoms with Crippen molar-refractivity contribution in [3.05, 3.63) is 23.8 Å². The van der Waals surface area contributed by atoms with Gasteiger partial charge in [-0.1, -0.05) is 0 Å². The van der Waals surface area contributed by atoms with Crippen LogP contribution in [0.1, 0.15) is 24.2 Å². The molecular weight excluding hydrogens is 268 g/mol. The van der Waals surface area contributed by atoms with Crippen LogP contribution in [0.5, 0.6) is 5.75 Å². The van der Waals surface area contributed by atoms with Crippen molar-refractivity contribution in [2.24, 2.45) is 0 Å². The summed E-state index contributed by atoms with van der Waals surface area (Å²) in [5.41, 5.74) is -0.236. The second-order valence-electron chi connectivity index (χ2n) is 3.57. The van der Waals surface area contributed by atoms with E-state index < -0.39 is 15.0 Å². The summed E-state index contributed by atoms with van der Waals surface area (Å²) in [7, 11) is 1.18. The molecule has 94 valence electrons. The number of carboxylic acids is 1. The van der Waals surface area contributed by atoms with E-state index in [0.717, 1.165) is 6.07 Å². The van der Waals surface area contributed by atoms with E-state index in [0.29, 0.717) is 0 Å². The minimum Gasteiger partial charge on any atom is -0.490 e. The van der Waals surface area contributed by atoms with Crippen molar-refractivity contribution in [1.82, 2.24) is 0 Å². The molecule has 0 radical (unpaired) electrons. The number of hydrogen-bond donors (Lipinski definition) is 1. The lowest BCUT2D eigenvalue weighted by atomic mass is 10.2. The maximum atomic E-state index is 11.1. The average Bonchev–Trinajstić information content (AvgIpc) is 2.15. The predicted molar refractivity (Wildman–Crippen MR) is 62.2 cm³/mol. The van der Waals surface area contributed by atoms with Gasteiger partial charge in [-0.2, -0.15) is 0 Å². The van der Waals surface area contributed by atoms with Gasteiger partial charge in [0.15, 0.2) is 0 Å². The van der Waals surface area contributed by atoms with Crippen molar-refractivity contribution in [2.45, 2.75) is 24.8 Å². The summed E-state index contributed by atoms with van der Waals surface area (Å²) in [6, 6.07) is 3.45. The molecule has 0 unspecified atom stereocenters. The van der Waals surface area contributed by atoms with E-state index in [4.69, 9.17) is 20.5 Å². The number of rotatable bonds is 4. The normalized spacial score (nSPS) is 11.5. The summed E-state index contributed by atoms with van der Waals surface area (Å²) in [5.74, 6) is -1.17. The minimum absolute atomic E-state index is 0.108. The third kappa shape index (κ3) is 3.61. The van der Waals surface area contributed by atoms with Crippen molar-refractivity contribution in [2.75, 3.05) is 0 Å². The average molecular weight is 279 g/mol. The third-order valence-corrected chi connectivity index (χ3v) is 3.18. The second-order valence-corrected chi connectivity index (χ2v) is 6.13. The first kappa shape index (κ1) is 13.8. The first-order chi connectivity index (χ1) is 7.71. The number of carboxylic acid groups (broad SMARTS) is 1. The Bertz CT molecular complexity index is 536. The summed E-state index contributed by atoms with van der Waals surface area (Å²) in [4.78, 5) is 10.7. The number of aromatic carboxylic acids is 1. The molecule has 1 aromatic rings. The monoisotopic (exact) mass is 278 g/mol. The van der Waals surface area contributed by atoms with Crippen LogP contribution in [0.25, 0.3) is 0 Å². The largest absolute Gasteiger partial charge is 0.490 e. The van der Waals surface area contributed by atoms with Crippen LogP contribution in [0, 0.1) is 0 Å². The molecule has 0 heterocycles. The number of carbonyl (C=O) groups is 1. The van der Waals surface area contributed by atoms with Gasteiger partial charge in [-0.25, -0.2) is 13.2 Å². The maximum Gasteiger partial charge on any atom is 0.339 e. The van der Waals surface area contributed by atoms with Crippen LogP contribution in [0.15, 0.2) is 23.1 Å². The van der Waals surface area contributed by atoms with E-state index >= 15 is 0 Å². The Morgan fingerprint density at radius 3 is 2.41 bits per heavy atom. The molecule has 0 aliphatic heterocycles. The Morgan fingerprint density at radius 1 is 1.41 bits per heavy atom. The third-order valence-electron chi connectivity index (χ3n) is 1.83. The summed E-state index contributed by atoms with van der Waals surface area (Å²) in [5, 5.41) is 8.95. The molecule has 0 aromatic heterocycles. The van der Waals surface area contributed by atoms with Gasteiger partial charge in [0.2, 0.25) is 0 Å². The van der Waals surface area contributed by atoms with Gasteiger partial charge in [0.05, 0.1) is 11.0 Å². The molecule has 1 N–H and O–H groups in total. The lowest BCUT2D eigenvalue weighted by Crippen LogP contribution is -2.10. The second kappa shape index (κ2) is 4.93. The standard InChI is InChI=1S/C10H11ClO5S/c1-6(2)16-9-4-3-7(17(11,14)15)5-8(9)10(12)13/h3-6H,1-2H3,(H,12,13). The Labute approximate surface area is 103 Å². The molecule has 0 amide bonds. The molecule has 1 aromatic carbocycles. The molecule has 17 heavy (non-hydrogen) atoms. The first-order valence-electron chi connectivity index (χ1n) is 4.70. The van der Waals surface area contributed by atoms with Crippen molar-refractivity contribution in [1.29, 1.82) is 0 Å². The molecule has 0 saturated carbocycles. The fourth-order valence-corrected chi connectivity index (χ4v) is 1.96. The van der Waals surface area contributed by atoms with Crippen molar-refractivity contribution >= 4 is 25.7 Å². The van der Waals surface area contributed by atoms with Crippen LogP contribution in [0.2, 0.25) is 0 Å². The van der Waals surface area contributed by atoms with Crippen LogP contribution in [-0.2, 0) is 9.05 Å². The van der Waals surface area contributed by atoms with Crippen LogP contribution >= 0.6 is 10.7 Å². The summed E-state index contributed by atoms with van der Waals surface area (Å²) >= 11 is 0. The first-order valence-corrected chi connectivity index (χ1v) is 7.01. The number of ether oxygens (including phenoxy) is 1. The maximum absolute atomic E-state index is 11.1. The van der Waals surface area contributed by atoms with Gasteiger partial charge >= 0.3 is 5.97 Å². The zero-order valence-electron chi connectivity index (χ0n) is 9.18. The molecule has 5 nitrogen and oxygen atoms in total. The Hall–Kier alpha value is -1.27. The van der Waals surface area contributed by atoms with E-state index in [1.54, 1.807) is 13.8 Å². The lowest BCUT2D eigenvalue weighted by molar-refractivity contribution is 0.0690. The van der Waals surface area contributed by atoms with Crippen molar-refractivity contribution in [3.8, 4) is 5.75 Å². The fraction of sp³-hybridized carbons (Fsp3) is 0.300. The molecule has 0 saturated heterocycles. The Kier molecular flexibility index (Phi) is 4.00.